The van der Waals surface area contributed by atoms with Gasteiger partial charge in [0.15, 0.2) is 0 Å². The normalized spacial score (nSPS) is 10.7. The lowest BCUT2D eigenvalue weighted by Gasteiger charge is -2.02. The van der Waals surface area contributed by atoms with E-state index >= 15 is 0 Å². The number of nitrogens with zero attached hydrogens (tertiary/aromatic N) is 2. The zero-order valence-corrected chi connectivity index (χ0v) is 7.83. The molecule has 1 radical (unpaired) electrons. The van der Waals surface area contributed by atoms with Crippen molar-refractivity contribution in [3.63, 3.8) is 0 Å². The summed E-state index contributed by atoms with van der Waals surface area (Å²) in [6.45, 7) is 7.80. The Morgan fingerprint density at radius 1 is 1.00 bits per heavy atom. The van der Waals surface area contributed by atoms with Crippen LogP contribution in [0.5, 0.6) is 0 Å². The van der Waals surface area contributed by atoms with Crippen molar-refractivity contribution in [3.8, 4) is 0 Å². The Morgan fingerprint density at radius 3 is 2.31 bits per heavy atom. The summed E-state index contributed by atoms with van der Waals surface area (Å²) in [6.07, 6.45) is 0. The number of aromatic nitrogens is 2. The van der Waals surface area contributed by atoms with Gasteiger partial charge in [0.25, 0.3) is 0 Å². The maximum Gasteiger partial charge on any atom is 0.0892 e. The highest BCUT2D eigenvalue weighted by atomic mass is 14.8. The number of hydrogen-bond donors (Lipinski definition) is 0. The number of fused-ring (bicyclic) bond motifs is 1. The molecular formula is C11H11N2. The molecule has 0 fully saturated rings. The molecule has 2 aromatic rings. The van der Waals surface area contributed by atoms with Gasteiger partial charge >= 0.3 is 0 Å². The Labute approximate surface area is 77.6 Å². The third kappa shape index (κ3) is 1.39. The van der Waals surface area contributed by atoms with Crippen molar-refractivity contribution < 1.29 is 0 Å². The van der Waals surface area contributed by atoms with E-state index < -0.39 is 0 Å². The van der Waals surface area contributed by atoms with E-state index in [9.17, 15) is 0 Å². The first-order chi connectivity index (χ1) is 6.16. The Kier molecular flexibility index (Phi) is 1.76. The van der Waals surface area contributed by atoms with Crippen molar-refractivity contribution in [1.29, 1.82) is 0 Å². The van der Waals surface area contributed by atoms with Gasteiger partial charge in [0.1, 0.15) is 0 Å². The van der Waals surface area contributed by atoms with Crippen LogP contribution in [0.25, 0.3) is 11.0 Å². The van der Waals surface area contributed by atoms with Crippen molar-refractivity contribution in [2.75, 3.05) is 0 Å². The minimum absolute atomic E-state index is 0.926. The van der Waals surface area contributed by atoms with Crippen LogP contribution in [0.3, 0.4) is 0 Å². The molecule has 2 rings (SSSR count). The molecule has 1 aromatic heterocycles. The van der Waals surface area contributed by atoms with Crippen molar-refractivity contribution in [1.82, 2.24) is 9.97 Å². The second-order valence-corrected chi connectivity index (χ2v) is 3.22. The van der Waals surface area contributed by atoms with E-state index in [1.54, 1.807) is 0 Å². The fourth-order valence-corrected chi connectivity index (χ4v) is 1.28. The highest BCUT2D eigenvalue weighted by Gasteiger charge is 2.00. The smallest absolute Gasteiger partial charge is 0.0892 e. The number of benzene rings is 1. The molecule has 0 spiro atoms. The molecule has 0 amide bonds. The second kappa shape index (κ2) is 2.80. The van der Waals surface area contributed by atoms with Gasteiger partial charge in [0, 0.05) is 0 Å². The van der Waals surface area contributed by atoms with E-state index in [1.165, 1.54) is 0 Å². The van der Waals surface area contributed by atoms with Crippen molar-refractivity contribution in [2.45, 2.75) is 13.8 Å². The standard InChI is InChI=1S/C11H11N2/c1-7-4-5-10-11(6-7)13-9(3)8(2)12-10/h4-6H,1H2,2-3H3. The topological polar surface area (TPSA) is 25.8 Å². The quantitative estimate of drug-likeness (QED) is 0.608. The van der Waals surface area contributed by atoms with Crippen LogP contribution in [0.4, 0.5) is 0 Å². The highest BCUT2D eigenvalue weighted by molar-refractivity contribution is 5.75. The average molecular weight is 171 g/mol. The molecule has 0 saturated carbocycles. The summed E-state index contributed by atoms with van der Waals surface area (Å²) < 4.78 is 0. The molecule has 0 aliphatic carbocycles. The van der Waals surface area contributed by atoms with Crippen molar-refractivity contribution >= 4 is 11.0 Å². The van der Waals surface area contributed by atoms with Gasteiger partial charge in [-0.1, -0.05) is 6.07 Å². The summed E-state index contributed by atoms with van der Waals surface area (Å²) in [5.41, 5.74) is 4.82. The lowest BCUT2D eigenvalue weighted by atomic mass is 10.2. The van der Waals surface area contributed by atoms with Gasteiger partial charge in [0.05, 0.1) is 22.4 Å². The van der Waals surface area contributed by atoms with E-state index in [0.29, 0.717) is 0 Å². The lowest BCUT2D eigenvalue weighted by Crippen LogP contribution is -1.93. The minimum atomic E-state index is 0.926. The Balaban J connectivity index is 2.81. The van der Waals surface area contributed by atoms with Gasteiger partial charge in [0.2, 0.25) is 0 Å². The summed E-state index contributed by atoms with van der Waals surface area (Å²) >= 11 is 0. The first-order valence-electron chi connectivity index (χ1n) is 4.24. The van der Waals surface area contributed by atoms with E-state index in [2.05, 4.69) is 16.9 Å². The molecule has 0 unspecified atom stereocenters. The molecule has 0 aliphatic rings. The van der Waals surface area contributed by atoms with Crippen molar-refractivity contribution in [2.24, 2.45) is 0 Å². The van der Waals surface area contributed by atoms with E-state index in [4.69, 9.17) is 0 Å². The Morgan fingerprint density at radius 2 is 1.62 bits per heavy atom. The van der Waals surface area contributed by atoms with Crippen LogP contribution in [0, 0.1) is 20.8 Å². The van der Waals surface area contributed by atoms with Crippen LogP contribution in [0.1, 0.15) is 17.0 Å². The molecule has 0 saturated heterocycles. The van der Waals surface area contributed by atoms with Gasteiger partial charge < -0.3 is 0 Å². The average Bonchev–Trinajstić information content (AvgIpc) is 2.08. The summed E-state index contributed by atoms with van der Waals surface area (Å²) in [5.74, 6) is 0. The Bertz CT molecular complexity index is 461. The molecule has 2 heteroatoms. The molecule has 1 heterocycles. The van der Waals surface area contributed by atoms with E-state index in [0.717, 1.165) is 28.0 Å². The van der Waals surface area contributed by atoms with Gasteiger partial charge in [-0.05, 0) is 38.5 Å². The van der Waals surface area contributed by atoms with Crippen LogP contribution in [-0.2, 0) is 0 Å². The molecule has 0 atom stereocenters. The zero-order chi connectivity index (χ0) is 9.42. The van der Waals surface area contributed by atoms with Crippen LogP contribution < -0.4 is 0 Å². The molecule has 0 N–H and O–H groups in total. The van der Waals surface area contributed by atoms with Gasteiger partial charge in [-0.3, -0.25) is 0 Å². The molecular weight excluding hydrogens is 160 g/mol. The van der Waals surface area contributed by atoms with Gasteiger partial charge in [-0.25, -0.2) is 9.97 Å². The summed E-state index contributed by atoms with van der Waals surface area (Å²) in [4.78, 5) is 8.86. The van der Waals surface area contributed by atoms with Gasteiger partial charge in [-0.15, -0.1) is 0 Å². The van der Waals surface area contributed by atoms with E-state index in [-0.39, 0.29) is 0 Å². The van der Waals surface area contributed by atoms with Crippen LogP contribution in [-0.4, -0.2) is 9.97 Å². The first kappa shape index (κ1) is 8.17. The summed E-state index contributed by atoms with van der Waals surface area (Å²) in [6, 6.07) is 5.86. The summed E-state index contributed by atoms with van der Waals surface area (Å²) in [7, 11) is 0. The fraction of sp³-hybridized carbons (Fsp3) is 0.182. The zero-order valence-electron chi connectivity index (χ0n) is 7.83. The second-order valence-electron chi connectivity index (χ2n) is 3.22. The predicted octanol–water partition coefficient (Wildman–Crippen LogP) is 2.43. The van der Waals surface area contributed by atoms with Gasteiger partial charge in [-0.2, -0.15) is 0 Å². The Hall–Kier alpha value is -1.44. The van der Waals surface area contributed by atoms with Crippen molar-refractivity contribution in [3.05, 3.63) is 42.1 Å². The molecule has 0 bridgehead atoms. The molecule has 0 aliphatic heterocycles. The maximum atomic E-state index is 4.43. The first-order valence-corrected chi connectivity index (χ1v) is 4.24. The summed E-state index contributed by atoms with van der Waals surface area (Å²) in [5, 5.41) is 0. The third-order valence-electron chi connectivity index (χ3n) is 2.14. The predicted molar refractivity (Wildman–Crippen MR) is 53.5 cm³/mol. The lowest BCUT2D eigenvalue weighted by molar-refractivity contribution is 1.10. The van der Waals surface area contributed by atoms with Crippen LogP contribution >= 0.6 is 0 Å². The number of aryl methyl sites for hydroxylation is 2. The van der Waals surface area contributed by atoms with Crippen LogP contribution in [0.2, 0.25) is 0 Å². The minimum Gasteiger partial charge on any atom is -0.250 e. The maximum absolute atomic E-state index is 4.43. The number of rotatable bonds is 0. The van der Waals surface area contributed by atoms with E-state index in [1.807, 2.05) is 32.0 Å². The molecule has 1 aromatic carbocycles. The largest absolute Gasteiger partial charge is 0.250 e. The molecule has 2 nitrogen and oxygen atoms in total. The fourth-order valence-electron chi connectivity index (χ4n) is 1.28. The molecule has 65 valence electrons. The number of hydrogen-bond acceptors (Lipinski definition) is 2. The SMILES string of the molecule is [CH2]c1ccc2nc(C)c(C)nc2c1. The molecule has 13 heavy (non-hydrogen) atoms. The van der Waals surface area contributed by atoms with Crippen LogP contribution in [0.15, 0.2) is 18.2 Å². The highest BCUT2D eigenvalue weighted by Crippen LogP contribution is 2.13. The monoisotopic (exact) mass is 171 g/mol. The third-order valence-corrected chi connectivity index (χ3v) is 2.14.